The topological polar surface area (TPSA) is 135 Å². The van der Waals surface area contributed by atoms with Gasteiger partial charge in [0.05, 0.1) is 22.8 Å². The number of benzene rings is 1. The molecule has 0 spiro atoms. The number of urea groups is 1. The van der Waals surface area contributed by atoms with Crippen molar-refractivity contribution in [2.24, 2.45) is 9.50 Å². The van der Waals surface area contributed by atoms with Crippen molar-refractivity contribution >= 4 is 21.6 Å². The highest BCUT2D eigenvalue weighted by Gasteiger charge is 2.36. The summed E-state index contributed by atoms with van der Waals surface area (Å²) in [4.78, 5) is 18.0. The zero-order chi connectivity index (χ0) is 25.9. The summed E-state index contributed by atoms with van der Waals surface area (Å²) in [6.07, 6.45) is 4.45. The maximum atomic E-state index is 13.5. The van der Waals surface area contributed by atoms with Crippen LogP contribution in [0.2, 0.25) is 0 Å². The highest BCUT2D eigenvalue weighted by atomic mass is 32.2. The summed E-state index contributed by atoms with van der Waals surface area (Å²) in [7, 11) is -3.70. The van der Waals surface area contributed by atoms with Gasteiger partial charge in [0.25, 0.3) is 0 Å². The first-order chi connectivity index (χ1) is 16.9. The van der Waals surface area contributed by atoms with Gasteiger partial charge in [-0.1, -0.05) is 32.0 Å². The van der Waals surface area contributed by atoms with Gasteiger partial charge in [-0.05, 0) is 69.2 Å². The lowest BCUT2D eigenvalue weighted by Crippen LogP contribution is -2.20. The SMILES string of the molecule is CC(C)(O)c1cc([S@@](N)(=O)=NC(=O)Nc2c3c(nc4c2CCC4(C)C)CCC3)nn1-c1ccccc1. The first-order valence-electron chi connectivity index (χ1n) is 12.2. The number of nitrogens with one attached hydrogen (secondary N) is 1. The Hall–Kier alpha value is -3.08. The second-order valence-corrected chi connectivity index (χ2v) is 12.5. The fourth-order valence-corrected chi connectivity index (χ4v) is 6.00. The number of carbonyl (C=O) groups is 1. The summed E-state index contributed by atoms with van der Waals surface area (Å²) >= 11 is 0. The molecule has 2 aromatic heterocycles. The molecule has 10 heteroatoms. The first-order valence-corrected chi connectivity index (χ1v) is 13.7. The van der Waals surface area contributed by atoms with Crippen LogP contribution in [0.15, 0.2) is 45.8 Å². The van der Waals surface area contributed by atoms with Crippen LogP contribution >= 0.6 is 0 Å². The number of carbonyl (C=O) groups excluding carboxylic acids is 1. The second kappa shape index (κ2) is 8.50. The van der Waals surface area contributed by atoms with Crippen LogP contribution in [0.5, 0.6) is 0 Å². The zero-order valence-electron chi connectivity index (χ0n) is 21.0. The van der Waals surface area contributed by atoms with Gasteiger partial charge in [-0.3, -0.25) is 4.98 Å². The summed E-state index contributed by atoms with van der Waals surface area (Å²) in [5.74, 6) is 0. The van der Waals surface area contributed by atoms with Crippen molar-refractivity contribution in [3.8, 4) is 5.69 Å². The van der Waals surface area contributed by atoms with Gasteiger partial charge in [0, 0.05) is 17.2 Å². The van der Waals surface area contributed by atoms with Crippen molar-refractivity contribution in [1.29, 1.82) is 0 Å². The molecule has 5 rings (SSSR count). The van der Waals surface area contributed by atoms with Crippen molar-refractivity contribution < 1.29 is 14.1 Å². The lowest BCUT2D eigenvalue weighted by molar-refractivity contribution is 0.0711. The molecule has 0 unspecified atom stereocenters. The third kappa shape index (κ3) is 4.33. The molecule has 0 bridgehead atoms. The molecule has 2 aliphatic rings. The van der Waals surface area contributed by atoms with E-state index < -0.39 is 21.5 Å². The predicted octanol–water partition coefficient (Wildman–Crippen LogP) is 4.14. The van der Waals surface area contributed by atoms with Gasteiger partial charge in [0.1, 0.15) is 5.60 Å². The number of aryl methyl sites for hydroxylation is 1. The molecule has 0 fully saturated rings. The van der Waals surface area contributed by atoms with Crippen molar-refractivity contribution in [3.63, 3.8) is 0 Å². The van der Waals surface area contributed by atoms with Crippen LogP contribution in [-0.2, 0) is 40.2 Å². The van der Waals surface area contributed by atoms with Crippen molar-refractivity contribution in [1.82, 2.24) is 14.8 Å². The molecule has 0 aliphatic heterocycles. The van der Waals surface area contributed by atoms with E-state index >= 15 is 0 Å². The van der Waals surface area contributed by atoms with E-state index in [2.05, 4.69) is 28.6 Å². The molecule has 1 aromatic carbocycles. The van der Waals surface area contributed by atoms with Gasteiger partial charge in [0.15, 0.2) is 14.9 Å². The number of pyridine rings is 1. The van der Waals surface area contributed by atoms with E-state index in [9.17, 15) is 14.1 Å². The Morgan fingerprint density at radius 3 is 2.61 bits per heavy atom. The molecule has 1 atom stereocenters. The number of nitrogens with zero attached hydrogens (tertiary/aromatic N) is 4. The lowest BCUT2D eigenvalue weighted by Gasteiger charge is -2.20. The quantitative estimate of drug-likeness (QED) is 0.487. The van der Waals surface area contributed by atoms with Crippen LogP contribution in [-0.4, -0.2) is 30.1 Å². The van der Waals surface area contributed by atoms with Gasteiger partial charge in [-0.25, -0.2) is 18.8 Å². The van der Waals surface area contributed by atoms with Gasteiger partial charge in [-0.15, -0.1) is 4.36 Å². The van der Waals surface area contributed by atoms with Gasteiger partial charge in [0.2, 0.25) is 0 Å². The first kappa shape index (κ1) is 24.6. The van der Waals surface area contributed by atoms with Gasteiger partial charge < -0.3 is 10.4 Å². The number of aromatic nitrogens is 3. The molecule has 36 heavy (non-hydrogen) atoms. The highest BCUT2D eigenvalue weighted by Crippen LogP contribution is 2.44. The molecule has 2 amide bonds. The van der Waals surface area contributed by atoms with E-state index in [0.717, 1.165) is 60.3 Å². The van der Waals surface area contributed by atoms with Gasteiger partial charge >= 0.3 is 6.03 Å². The predicted molar refractivity (Wildman–Crippen MR) is 138 cm³/mol. The number of hydrogen-bond acceptors (Lipinski definition) is 5. The van der Waals surface area contributed by atoms with Crippen LogP contribution < -0.4 is 10.5 Å². The molecule has 2 aliphatic carbocycles. The minimum absolute atomic E-state index is 0.0667. The Labute approximate surface area is 211 Å². The largest absolute Gasteiger partial charge is 0.384 e. The molecule has 3 aromatic rings. The van der Waals surface area contributed by atoms with E-state index in [0.29, 0.717) is 11.4 Å². The maximum absolute atomic E-state index is 13.5. The van der Waals surface area contributed by atoms with Crippen molar-refractivity contribution in [2.75, 3.05) is 5.32 Å². The third-order valence-corrected chi connectivity index (χ3v) is 8.27. The summed E-state index contributed by atoms with van der Waals surface area (Å²) in [5.41, 5.74) is 4.52. The number of para-hydroxylation sites is 1. The van der Waals surface area contributed by atoms with Crippen molar-refractivity contribution in [2.45, 2.75) is 75.8 Å². The molecule has 2 heterocycles. The molecular weight excluding hydrogens is 476 g/mol. The van der Waals surface area contributed by atoms with Crippen LogP contribution in [0, 0.1) is 0 Å². The zero-order valence-corrected chi connectivity index (χ0v) is 21.9. The van der Waals surface area contributed by atoms with E-state index in [4.69, 9.17) is 10.1 Å². The number of fused-ring (bicyclic) bond motifs is 2. The van der Waals surface area contributed by atoms with Crippen LogP contribution in [0.1, 0.15) is 68.7 Å². The Morgan fingerprint density at radius 2 is 1.92 bits per heavy atom. The fourth-order valence-electron chi connectivity index (χ4n) is 5.14. The Balaban J connectivity index is 1.53. The van der Waals surface area contributed by atoms with E-state index in [-0.39, 0.29) is 10.4 Å². The van der Waals surface area contributed by atoms with Crippen LogP contribution in [0.4, 0.5) is 10.5 Å². The molecule has 0 saturated carbocycles. The number of rotatable bonds is 4. The smallest absolute Gasteiger partial charge is 0.354 e. The second-order valence-electron chi connectivity index (χ2n) is 10.7. The molecule has 9 nitrogen and oxygen atoms in total. The van der Waals surface area contributed by atoms with Gasteiger partial charge in [-0.2, -0.15) is 5.10 Å². The lowest BCUT2D eigenvalue weighted by atomic mass is 9.90. The fraction of sp³-hybridized carbons (Fsp3) is 0.423. The molecule has 0 saturated heterocycles. The Kier molecular flexibility index (Phi) is 5.81. The minimum Gasteiger partial charge on any atom is -0.384 e. The maximum Gasteiger partial charge on any atom is 0.354 e. The molecular formula is C26H32N6O3S. The average molecular weight is 509 g/mol. The normalized spacial score (nSPS) is 17.8. The summed E-state index contributed by atoms with van der Waals surface area (Å²) in [6, 6.07) is 9.78. The number of aliphatic hydroxyl groups is 1. The average Bonchev–Trinajstić information content (AvgIpc) is 3.51. The van der Waals surface area contributed by atoms with Crippen molar-refractivity contribution in [3.05, 3.63) is 64.6 Å². The molecule has 0 radical (unpaired) electrons. The van der Waals surface area contributed by atoms with E-state index in [1.807, 2.05) is 18.2 Å². The standard InChI is InChI=1S/C26H32N6O3S/c1-25(2)14-13-18-22(17-11-8-12-19(17)28-23(18)25)29-24(33)31-36(27,35)21-15-20(26(3,4)34)32(30-21)16-9-6-5-7-10-16/h5-7,9-10,15,34H,8,11-14H2,1-4H3,(H3,27,28,29,31,33,35)/t36-/m0/s1. The third-order valence-electron chi connectivity index (χ3n) is 7.03. The number of nitrogens with two attached hydrogens (primary N) is 1. The van der Waals surface area contributed by atoms with Crippen LogP contribution in [0.25, 0.3) is 5.69 Å². The van der Waals surface area contributed by atoms with E-state index in [1.54, 1.807) is 26.0 Å². The summed E-state index contributed by atoms with van der Waals surface area (Å²) in [6.45, 7) is 7.53. The highest BCUT2D eigenvalue weighted by molar-refractivity contribution is 7.91. The number of anilines is 1. The Bertz CT molecular complexity index is 1480. The number of amides is 2. The number of hydrogen-bond donors (Lipinski definition) is 3. The van der Waals surface area contributed by atoms with E-state index in [1.165, 1.54) is 10.7 Å². The molecule has 190 valence electrons. The summed E-state index contributed by atoms with van der Waals surface area (Å²) in [5, 5.41) is 24.0. The summed E-state index contributed by atoms with van der Waals surface area (Å²) < 4.78 is 18.8. The minimum atomic E-state index is -3.70. The Morgan fingerprint density at radius 1 is 1.19 bits per heavy atom. The molecule has 4 N–H and O–H groups in total. The monoisotopic (exact) mass is 508 g/mol. The van der Waals surface area contributed by atoms with Crippen LogP contribution in [0.3, 0.4) is 0 Å².